The summed E-state index contributed by atoms with van der Waals surface area (Å²) in [7, 11) is 0. The van der Waals surface area contributed by atoms with Crippen molar-refractivity contribution < 1.29 is 22.7 Å². The predicted octanol–water partition coefficient (Wildman–Crippen LogP) is 3.88. The second kappa shape index (κ2) is 7.48. The summed E-state index contributed by atoms with van der Waals surface area (Å²) in [5.74, 6) is 0.607. The molecule has 0 radical (unpaired) electrons. The van der Waals surface area contributed by atoms with Gasteiger partial charge >= 0.3 is 12.3 Å². The quantitative estimate of drug-likeness (QED) is 0.841. The van der Waals surface area contributed by atoms with Crippen molar-refractivity contribution in [2.45, 2.75) is 65.3 Å². The van der Waals surface area contributed by atoms with Crippen LogP contribution in [0.2, 0.25) is 0 Å². The average molecular weight is 269 g/mol. The lowest BCUT2D eigenvalue weighted by atomic mass is 10.2. The van der Waals surface area contributed by atoms with Gasteiger partial charge in [0.15, 0.2) is 6.10 Å². The number of alkyl halides is 3. The molecule has 1 aliphatic rings. The maximum atomic E-state index is 12.1. The van der Waals surface area contributed by atoms with Crippen LogP contribution in [-0.4, -0.2) is 24.4 Å². The smallest absolute Gasteiger partial charge is 0.425 e. The molecule has 1 fully saturated rings. The van der Waals surface area contributed by atoms with Crippen molar-refractivity contribution in [1.82, 2.24) is 5.32 Å². The van der Waals surface area contributed by atoms with Crippen LogP contribution in [0.3, 0.4) is 0 Å². The van der Waals surface area contributed by atoms with E-state index in [1.807, 2.05) is 13.8 Å². The van der Waals surface area contributed by atoms with E-state index in [-0.39, 0.29) is 6.04 Å². The van der Waals surface area contributed by atoms with Gasteiger partial charge in [-0.1, -0.05) is 26.7 Å². The SMILES string of the molecule is CC.CC(CC1CC1)NC(=O)OC(C)C(F)(F)F. The number of ether oxygens (including phenoxy) is 1. The minimum absolute atomic E-state index is 0.138. The lowest BCUT2D eigenvalue weighted by Gasteiger charge is -2.19. The number of carbonyl (C=O) groups is 1. The summed E-state index contributed by atoms with van der Waals surface area (Å²) in [4.78, 5) is 11.1. The number of amides is 1. The summed E-state index contributed by atoms with van der Waals surface area (Å²) < 4.78 is 40.4. The standard InChI is InChI=1S/C10H16F3NO2.C2H6/c1-6(5-8-3-4-8)14-9(15)16-7(2)10(11,12)13;1-2/h6-8H,3-5H2,1-2H3,(H,14,15);1-2H3. The Balaban J connectivity index is 0.00000137. The fourth-order valence-corrected chi connectivity index (χ4v) is 1.38. The first-order chi connectivity index (χ1) is 8.29. The van der Waals surface area contributed by atoms with Crippen LogP contribution in [0.25, 0.3) is 0 Å². The number of hydrogen-bond acceptors (Lipinski definition) is 2. The first kappa shape index (κ1) is 17.1. The summed E-state index contributed by atoms with van der Waals surface area (Å²) in [6.07, 6.45) is -4.49. The lowest BCUT2D eigenvalue weighted by Crippen LogP contribution is -2.39. The second-order valence-corrected chi connectivity index (χ2v) is 4.31. The van der Waals surface area contributed by atoms with Gasteiger partial charge in [0.2, 0.25) is 0 Å². The highest BCUT2D eigenvalue weighted by Gasteiger charge is 2.39. The van der Waals surface area contributed by atoms with E-state index in [1.54, 1.807) is 6.92 Å². The van der Waals surface area contributed by atoms with Crippen molar-refractivity contribution in [3.63, 3.8) is 0 Å². The third-order valence-corrected chi connectivity index (χ3v) is 2.49. The molecule has 0 bridgehead atoms. The lowest BCUT2D eigenvalue weighted by molar-refractivity contribution is -0.197. The average Bonchev–Trinajstić information content (AvgIpc) is 3.02. The topological polar surface area (TPSA) is 38.3 Å². The third-order valence-electron chi connectivity index (χ3n) is 2.49. The van der Waals surface area contributed by atoms with Gasteiger partial charge in [-0.15, -0.1) is 0 Å². The van der Waals surface area contributed by atoms with Crippen molar-refractivity contribution in [1.29, 1.82) is 0 Å². The van der Waals surface area contributed by atoms with Gasteiger partial charge in [-0.3, -0.25) is 0 Å². The molecule has 0 saturated heterocycles. The highest BCUT2D eigenvalue weighted by molar-refractivity contribution is 5.67. The second-order valence-electron chi connectivity index (χ2n) is 4.31. The van der Waals surface area contributed by atoms with E-state index in [4.69, 9.17) is 0 Å². The molecule has 0 aromatic heterocycles. The monoisotopic (exact) mass is 269 g/mol. The van der Waals surface area contributed by atoms with Gasteiger partial charge in [0.25, 0.3) is 0 Å². The molecule has 1 N–H and O–H groups in total. The predicted molar refractivity (Wildman–Crippen MR) is 63.3 cm³/mol. The zero-order valence-electron chi connectivity index (χ0n) is 11.3. The summed E-state index contributed by atoms with van der Waals surface area (Å²) in [5, 5.41) is 2.39. The fraction of sp³-hybridized carbons (Fsp3) is 0.917. The molecular formula is C12H22F3NO2. The van der Waals surface area contributed by atoms with Crippen LogP contribution in [0, 0.1) is 5.92 Å². The van der Waals surface area contributed by atoms with E-state index < -0.39 is 18.4 Å². The molecule has 18 heavy (non-hydrogen) atoms. The molecule has 108 valence electrons. The molecule has 1 saturated carbocycles. The van der Waals surface area contributed by atoms with Gasteiger partial charge in [0.1, 0.15) is 0 Å². The number of hydrogen-bond donors (Lipinski definition) is 1. The Morgan fingerprint density at radius 3 is 2.22 bits per heavy atom. The molecule has 3 nitrogen and oxygen atoms in total. The van der Waals surface area contributed by atoms with E-state index in [1.165, 1.54) is 0 Å². The molecule has 1 aliphatic carbocycles. The normalized spacial score (nSPS) is 18.2. The number of carbonyl (C=O) groups excluding carboxylic acids is 1. The third kappa shape index (κ3) is 7.40. The Bertz CT molecular complexity index is 252. The van der Waals surface area contributed by atoms with Gasteiger partial charge in [-0.05, 0) is 26.2 Å². The van der Waals surface area contributed by atoms with Crippen LogP contribution in [0.1, 0.15) is 47.0 Å². The molecule has 2 atom stereocenters. The van der Waals surface area contributed by atoms with E-state index in [0.717, 1.165) is 26.2 Å². The number of alkyl carbamates (subject to hydrolysis) is 1. The summed E-state index contributed by atoms with van der Waals surface area (Å²) >= 11 is 0. The number of rotatable bonds is 4. The van der Waals surface area contributed by atoms with Gasteiger partial charge in [0.05, 0.1) is 0 Å². The minimum Gasteiger partial charge on any atom is -0.437 e. The number of nitrogens with one attached hydrogen (secondary N) is 1. The Hall–Kier alpha value is -0.940. The van der Waals surface area contributed by atoms with Crippen molar-refractivity contribution in [2.75, 3.05) is 0 Å². The minimum atomic E-state index is -4.50. The van der Waals surface area contributed by atoms with Gasteiger partial charge in [-0.2, -0.15) is 13.2 Å². The molecule has 1 amide bonds. The van der Waals surface area contributed by atoms with Crippen LogP contribution < -0.4 is 5.32 Å². The molecule has 0 heterocycles. The highest BCUT2D eigenvalue weighted by Crippen LogP contribution is 2.33. The maximum absolute atomic E-state index is 12.1. The van der Waals surface area contributed by atoms with Crippen molar-refractivity contribution in [2.24, 2.45) is 5.92 Å². The first-order valence-corrected chi connectivity index (χ1v) is 6.33. The van der Waals surface area contributed by atoms with E-state index in [0.29, 0.717) is 5.92 Å². The molecular weight excluding hydrogens is 247 g/mol. The molecule has 0 aliphatic heterocycles. The van der Waals surface area contributed by atoms with Crippen LogP contribution >= 0.6 is 0 Å². The zero-order valence-corrected chi connectivity index (χ0v) is 11.3. The van der Waals surface area contributed by atoms with Crippen LogP contribution in [0.15, 0.2) is 0 Å². The highest BCUT2D eigenvalue weighted by atomic mass is 19.4. The summed E-state index contributed by atoms with van der Waals surface area (Å²) in [5.41, 5.74) is 0. The largest absolute Gasteiger partial charge is 0.437 e. The zero-order chi connectivity index (χ0) is 14.3. The van der Waals surface area contributed by atoms with Crippen LogP contribution in [-0.2, 0) is 4.74 Å². The van der Waals surface area contributed by atoms with Crippen LogP contribution in [0.4, 0.5) is 18.0 Å². The Morgan fingerprint density at radius 1 is 1.33 bits per heavy atom. The molecule has 0 aromatic rings. The Kier molecular flexibility index (Phi) is 7.09. The van der Waals surface area contributed by atoms with Gasteiger partial charge in [0, 0.05) is 6.04 Å². The molecule has 2 unspecified atom stereocenters. The Labute approximate surface area is 106 Å². The number of halogens is 3. The Morgan fingerprint density at radius 2 is 1.83 bits per heavy atom. The van der Waals surface area contributed by atoms with Crippen LogP contribution in [0.5, 0.6) is 0 Å². The summed E-state index contributed by atoms with van der Waals surface area (Å²) in [6.45, 7) is 6.57. The van der Waals surface area contributed by atoms with Gasteiger partial charge in [-0.25, -0.2) is 4.79 Å². The van der Waals surface area contributed by atoms with E-state index in [9.17, 15) is 18.0 Å². The molecule has 6 heteroatoms. The van der Waals surface area contributed by atoms with Crippen molar-refractivity contribution >= 4 is 6.09 Å². The first-order valence-electron chi connectivity index (χ1n) is 6.33. The van der Waals surface area contributed by atoms with E-state index >= 15 is 0 Å². The van der Waals surface area contributed by atoms with Gasteiger partial charge < -0.3 is 10.1 Å². The van der Waals surface area contributed by atoms with Crippen molar-refractivity contribution in [3.8, 4) is 0 Å². The summed E-state index contributed by atoms with van der Waals surface area (Å²) in [6, 6.07) is -0.138. The van der Waals surface area contributed by atoms with Crippen molar-refractivity contribution in [3.05, 3.63) is 0 Å². The molecule has 0 aromatic carbocycles. The fourth-order valence-electron chi connectivity index (χ4n) is 1.38. The van der Waals surface area contributed by atoms with E-state index in [2.05, 4.69) is 10.1 Å². The molecule has 1 rings (SSSR count). The maximum Gasteiger partial charge on any atom is 0.425 e. The molecule has 0 spiro atoms.